The minimum atomic E-state index is -1.86. The molecule has 2 heterocycles. The number of esters is 2. The second kappa shape index (κ2) is 53.2. The molecule has 0 aromatic rings. The quantitative estimate of drug-likeness (QED) is 0.0200. The van der Waals surface area contributed by atoms with Crippen LogP contribution in [0, 0.1) is 0 Å². The van der Waals surface area contributed by atoms with E-state index in [2.05, 4.69) is 38.3 Å². The predicted octanol–water partition coefficient (Wildman–Crippen LogP) is 11.2. The molecule has 0 saturated carbocycles. The number of carbonyl (C=O) groups excluding carboxylic acids is 4. The third-order valence-corrected chi connectivity index (χ3v) is 17.9. The molecule has 2 rings (SSSR count). The van der Waals surface area contributed by atoms with Crippen LogP contribution in [0.25, 0.3) is 0 Å². The van der Waals surface area contributed by atoms with Crippen molar-refractivity contribution in [3.8, 4) is 0 Å². The zero-order valence-electron chi connectivity index (χ0n) is 56.5. The van der Waals surface area contributed by atoms with Crippen molar-refractivity contribution in [3.05, 3.63) is 0 Å². The van der Waals surface area contributed by atoms with E-state index >= 15 is 0 Å². The van der Waals surface area contributed by atoms with Crippen molar-refractivity contribution in [2.75, 3.05) is 13.2 Å². The predicted molar refractivity (Wildman–Crippen MR) is 348 cm³/mol. The standard InChI is InChI=1S/C70H130N2O18/c1-5-9-13-17-21-25-29-33-37-41-52(74)45-59(78)71-64-56(49-61(80)81)87-58(67(85)68(64)89-62(82)47-54(76)43-39-35-31-27-23-19-15-11-7-3)51-86-70-65(72-60(79)46-53(75)42-38-34-30-26-22-18-14-10-6-2)69(66(84)57(50-73)88-70)90-63(83)48-55(77)44-40-36-32-28-24-20-16-12-8-4/h52-58,64-70,73-77,84-85H,5-51H2,1-4H3,(H,71,78)(H,72,79)(H,80,81)/t52-,53-,54-,55-,56-,57-,58-,64+,65-,66-,67-,68-,69-,70+/m1/s1. The fourth-order valence-electron chi connectivity index (χ4n) is 12.4. The van der Waals surface area contributed by atoms with Crippen LogP contribution in [-0.4, -0.2) is 169 Å². The molecule has 2 aliphatic heterocycles. The first-order valence-corrected chi connectivity index (χ1v) is 36.3. The number of aliphatic hydroxyl groups is 7. The van der Waals surface area contributed by atoms with E-state index in [9.17, 15) is 64.8 Å². The van der Waals surface area contributed by atoms with Crippen LogP contribution in [0.3, 0.4) is 0 Å². The first-order chi connectivity index (χ1) is 43.5. The summed E-state index contributed by atoms with van der Waals surface area (Å²) in [5.74, 6) is -4.67. The van der Waals surface area contributed by atoms with Crippen LogP contribution in [0.15, 0.2) is 0 Å². The van der Waals surface area contributed by atoms with E-state index in [1.807, 2.05) is 0 Å². The molecule has 20 heteroatoms. The number of carboxylic acid groups (broad SMARTS) is 1. The summed E-state index contributed by atoms with van der Waals surface area (Å²) in [6, 6.07) is -3.02. The van der Waals surface area contributed by atoms with Gasteiger partial charge in [-0.25, -0.2) is 0 Å². The summed E-state index contributed by atoms with van der Waals surface area (Å²) in [6.45, 7) is 7.19. The summed E-state index contributed by atoms with van der Waals surface area (Å²) >= 11 is 0. The Hall–Kier alpha value is -3.05. The minimum Gasteiger partial charge on any atom is -0.481 e. The molecule has 2 aliphatic rings. The van der Waals surface area contributed by atoms with E-state index in [0.717, 1.165) is 103 Å². The Morgan fingerprint density at radius 3 is 1.03 bits per heavy atom. The molecule has 0 radical (unpaired) electrons. The molecule has 10 N–H and O–H groups in total. The van der Waals surface area contributed by atoms with E-state index in [4.69, 9.17) is 23.7 Å². The highest BCUT2D eigenvalue weighted by molar-refractivity contribution is 5.78. The number of aliphatic carboxylic acids is 1. The largest absolute Gasteiger partial charge is 0.481 e. The van der Waals surface area contributed by atoms with E-state index < -0.39 is 148 Å². The Kier molecular flexibility index (Phi) is 49.1. The van der Waals surface area contributed by atoms with E-state index in [1.54, 1.807) is 0 Å². The number of ether oxygens (including phenoxy) is 5. The zero-order valence-corrected chi connectivity index (χ0v) is 56.5. The fraction of sp³-hybridized carbons (Fsp3) is 0.929. The van der Waals surface area contributed by atoms with Gasteiger partial charge in [0.25, 0.3) is 0 Å². The SMILES string of the molecule is CCCCCCCCCCC[C@@H](O)CC(=O)N[C@@H]1[C@@H](OC(=O)C[C@H](O)CCCCCCCCCCC)[C@H](O)[C@@H](CO[C@H]2O[C@H](CO)[C@@H](O)[C@H](OC(=O)C[C@H](O)CCCCCCCCCCC)[C@H]2NC(=O)C[C@H](O)CCCCCCCCCCC)O[C@@H]1CC(=O)O. The molecule has 2 amide bonds. The number of hydrogen-bond acceptors (Lipinski definition) is 17. The Morgan fingerprint density at radius 1 is 0.400 bits per heavy atom. The van der Waals surface area contributed by atoms with Crippen LogP contribution >= 0.6 is 0 Å². The zero-order chi connectivity index (χ0) is 66.2. The number of carbonyl (C=O) groups is 5. The summed E-state index contributed by atoms with van der Waals surface area (Å²) in [5, 5.41) is 94.0. The van der Waals surface area contributed by atoms with Crippen molar-refractivity contribution in [2.45, 2.75) is 402 Å². The van der Waals surface area contributed by atoms with Gasteiger partial charge in [-0.15, -0.1) is 0 Å². The van der Waals surface area contributed by atoms with E-state index in [1.165, 1.54) is 103 Å². The lowest BCUT2D eigenvalue weighted by atomic mass is 9.90. The summed E-state index contributed by atoms with van der Waals surface area (Å²) in [5.41, 5.74) is 0. The van der Waals surface area contributed by atoms with Crippen molar-refractivity contribution in [3.63, 3.8) is 0 Å². The maximum Gasteiger partial charge on any atom is 0.308 e. The van der Waals surface area contributed by atoms with Gasteiger partial charge in [0.05, 0.1) is 81.9 Å². The monoisotopic (exact) mass is 1290 g/mol. The average Bonchev–Trinajstić information content (AvgIpc) is 1.44. The van der Waals surface area contributed by atoms with Gasteiger partial charge in [-0.1, -0.05) is 259 Å². The lowest BCUT2D eigenvalue weighted by molar-refractivity contribution is -0.288. The summed E-state index contributed by atoms with van der Waals surface area (Å²) in [7, 11) is 0. The van der Waals surface area contributed by atoms with Gasteiger partial charge in [0, 0.05) is 0 Å². The van der Waals surface area contributed by atoms with Crippen LogP contribution in [0.4, 0.5) is 0 Å². The Bertz CT molecular complexity index is 1820. The van der Waals surface area contributed by atoms with Gasteiger partial charge in [-0.05, 0) is 25.7 Å². The molecule has 0 aliphatic carbocycles. The minimum absolute atomic E-state index is 0.299. The van der Waals surface area contributed by atoms with Crippen LogP contribution in [-0.2, 0) is 47.7 Å². The molecular weight excluding hydrogens is 1160 g/mol. The smallest absolute Gasteiger partial charge is 0.308 e. The first kappa shape index (κ1) is 83.0. The van der Waals surface area contributed by atoms with Crippen molar-refractivity contribution < 1.29 is 88.5 Å². The molecule has 0 aromatic heterocycles. The number of rotatable bonds is 58. The van der Waals surface area contributed by atoms with Gasteiger partial charge < -0.3 is 75.2 Å². The Labute approximate surface area is 542 Å². The summed E-state index contributed by atoms with van der Waals surface area (Å²) < 4.78 is 30.3. The number of aliphatic hydroxyl groups excluding tert-OH is 7. The number of amides is 2. The highest BCUT2D eigenvalue weighted by Gasteiger charge is 2.52. The number of carboxylic acids is 1. The topological polar surface area (TPSA) is 317 Å². The van der Waals surface area contributed by atoms with Crippen molar-refractivity contribution in [1.82, 2.24) is 10.6 Å². The van der Waals surface area contributed by atoms with Gasteiger partial charge in [-0.3, -0.25) is 24.0 Å². The van der Waals surface area contributed by atoms with Gasteiger partial charge in [0.2, 0.25) is 11.8 Å². The van der Waals surface area contributed by atoms with Crippen LogP contribution in [0.2, 0.25) is 0 Å². The third kappa shape index (κ3) is 39.0. The lowest BCUT2D eigenvalue weighted by Crippen LogP contribution is -2.67. The van der Waals surface area contributed by atoms with Gasteiger partial charge in [0.15, 0.2) is 18.5 Å². The number of nitrogens with one attached hydrogen (secondary N) is 2. The molecule has 0 bridgehead atoms. The maximum atomic E-state index is 13.9. The number of unbranched alkanes of at least 4 members (excludes halogenated alkanes) is 32. The Morgan fingerprint density at radius 2 is 0.700 bits per heavy atom. The summed E-state index contributed by atoms with van der Waals surface area (Å²) in [4.78, 5) is 67.7. The molecule has 20 nitrogen and oxygen atoms in total. The molecule has 14 atom stereocenters. The Balaban J connectivity index is 2.39. The highest BCUT2D eigenvalue weighted by Crippen LogP contribution is 2.31. The molecule has 2 saturated heterocycles. The fourth-order valence-corrected chi connectivity index (χ4v) is 12.4. The molecule has 2 fully saturated rings. The normalized spacial score (nSPS) is 23.2. The van der Waals surface area contributed by atoms with Crippen LogP contribution < -0.4 is 10.6 Å². The van der Waals surface area contributed by atoms with Crippen molar-refractivity contribution >= 4 is 29.7 Å². The molecule has 0 spiro atoms. The van der Waals surface area contributed by atoms with Gasteiger partial charge in [0.1, 0.15) is 30.5 Å². The average molecular weight is 1290 g/mol. The lowest BCUT2D eigenvalue weighted by Gasteiger charge is -2.46. The maximum absolute atomic E-state index is 13.9. The molecule has 528 valence electrons. The van der Waals surface area contributed by atoms with Crippen LogP contribution in [0.1, 0.15) is 317 Å². The second-order valence-corrected chi connectivity index (χ2v) is 26.3. The van der Waals surface area contributed by atoms with E-state index in [-0.39, 0.29) is 12.8 Å². The third-order valence-electron chi connectivity index (χ3n) is 17.9. The van der Waals surface area contributed by atoms with Crippen molar-refractivity contribution in [2.24, 2.45) is 0 Å². The van der Waals surface area contributed by atoms with Crippen molar-refractivity contribution in [1.29, 1.82) is 0 Å². The van der Waals surface area contributed by atoms with Gasteiger partial charge >= 0.3 is 17.9 Å². The molecule has 0 unspecified atom stereocenters. The number of hydrogen-bond donors (Lipinski definition) is 10. The first-order valence-electron chi connectivity index (χ1n) is 36.3. The molecule has 0 aromatic carbocycles. The van der Waals surface area contributed by atoms with Crippen LogP contribution in [0.5, 0.6) is 0 Å². The second-order valence-electron chi connectivity index (χ2n) is 26.3. The highest BCUT2D eigenvalue weighted by atomic mass is 16.7. The summed E-state index contributed by atoms with van der Waals surface area (Å²) in [6.07, 6.45) is 19.5. The molecular formula is C70H130N2O18. The van der Waals surface area contributed by atoms with E-state index in [0.29, 0.717) is 51.4 Å². The molecule has 90 heavy (non-hydrogen) atoms. The van der Waals surface area contributed by atoms with Gasteiger partial charge in [-0.2, -0.15) is 0 Å².